The van der Waals surface area contributed by atoms with Gasteiger partial charge >= 0.3 is 0 Å². The molecule has 0 saturated carbocycles. The Bertz CT molecular complexity index is 349. The van der Waals surface area contributed by atoms with E-state index in [-0.39, 0.29) is 0 Å². The Hall–Kier alpha value is -0.960. The van der Waals surface area contributed by atoms with Gasteiger partial charge in [0.25, 0.3) is 6.43 Å². The highest BCUT2D eigenvalue weighted by atomic mass is 19.3. The number of aliphatic hydroxyl groups is 1. The second-order valence-corrected chi connectivity index (χ2v) is 4.17. The largest absolute Gasteiger partial charge is 0.382 e. The number of rotatable bonds is 5. The first-order chi connectivity index (χ1) is 8.04. The van der Waals surface area contributed by atoms with Crippen molar-refractivity contribution < 1.29 is 13.9 Å². The van der Waals surface area contributed by atoms with Gasteiger partial charge in [-0.25, -0.2) is 8.78 Å². The first-order valence-corrected chi connectivity index (χ1v) is 6.15. The summed E-state index contributed by atoms with van der Waals surface area (Å²) in [7, 11) is 0. The van der Waals surface area contributed by atoms with Crippen LogP contribution in [0.1, 0.15) is 49.1 Å². The maximum atomic E-state index is 12.7. The summed E-state index contributed by atoms with van der Waals surface area (Å²) in [4.78, 5) is 0. The third-order valence-electron chi connectivity index (χ3n) is 3.12. The van der Waals surface area contributed by atoms with Gasteiger partial charge in [0.15, 0.2) is 0 Å². The SMILES string of the molecule is CCc1cc(CC)c(C(O)C(F)F)c(CC)c1. The summed E-state index contributed by atoms with van der Waals surface area (Å²) in [5, 5.41) is 9.64. The molecule has 0 fully saturated rings. The zero-order chi connectivity index (χ0) is 13.0. The molecule has 0 aliphatic carbocycles. The molecule has 1 aromatic carbocycles. The maximum Gasteiger partial charge on any atom is 0.268 e. The summed E-state index contributed by atoms with van der Waals surface area (Å²) < 4.78 is 25.4. The first kappa shape index (κ1) is 14.1. The number of aliphatic hydroxyl groups excluding tert-OH is 1. The number of hydrogen-bond acceptors (Lipinski definition) is 1. The number of benzene rings is 1. The van der Waals surface area contributed by atoms with E-state index in [9.17, 15) is 13.9 Å². The second-order valence-electron chi connectivity index (χ2n) is 4.17. The molecule has 3 heteroatoms. The Morgan fingerprint density at radius 2 is 1.47 bits per heavy atom. The molecule has 1 aromatic rings. The van der Waals surface area contributed by atoms with Crippen molar-refractivity contribution in [2.75, 3.05) is 0 Å². The number of halogens is 2. The molecule has 0 bridgehead atoms. The minimum Gasteiger partial charge on any atom is -0.382 e. The number of aryl methyl sites for hydroxylation is 3. The third kappa shape index (κ3) is 3.03. The first-order valence-electron chi connectivity index (χ1n) is 6.15. The van der Waals surface area contributed by atoms with Crippen LogP contribution in [0.5, 0.6) is 0 Å². The number of alkyl halides is 2. The molecule has 17 heavy (non-hydrogen) atoms. The van der Waals surface area contributed by atoms with Crippen molar-refractivity contribution in [3.8, 4) is 0 Å². The molecule has 0 radical (unpaired) electrons. The fourth-order valence-electron chi connectivity index (χ4n) is 2.15. The normalized spacial score (nSPS) is 13.1. The van der Waals surface area contributed by atoms with Crippen molar-refractivity contribution in [3.05, 3.63) is 34.4 Å². The molecule has 1 unspecified atom stereocenters. The highest BCUT2D eigenvalue weighted by Gasteiger charge is 2.24. The van der Waals surface area contributed by atoms with Crippen LogP contribution in [0.15, 0.2) is 12.1 Å². The molecule has 0 spiro atoms. The zero-order valence-corrected chi connectivity index (χ0v) is 10.6. The van der Waals surface area contributed by atoms with Crippen LogP contribution in [0.25, 0.3) is 0 Å². The van der Waals surface area contributed by atoms with Gasteiger partial charge < -0.3 is 5.11 Å². The van der Waals surface area contributed by atoms with Gasteiger partial charge in [0, 0.05) is 0 Å². The highest BCUT2D eigenvalue weighted by molar-refractivity contribution is 5.41. The van der Waals surface area contributed by atoms with Crippen molar-refractivity contribution in [3.63, 3.8) is 0 Å². The Kier molecular flexibility index (Phi) is 5.06. The van der Waals surface area contributed by atoms with Gasteiger partial charge in [0.2, 0.25) is 0 Å². The van der Waals surface area contributed by atoms with Crippen LogP contribution in [0.2, 0.25) is 0 Å². The quantitative estimate of drug-likeness (QED) is 0.835. The molecule has 1 rings (SSSR count). The van der Waals surface area contributed by atoms with Crippen LogP contribution in [-0.4, -0.2) is 11.5 Å². The van der Waals surface area contributed by atoms with E-state index in [0.717, 1.165) is 23.1 Å². The van der Waals surface area contributed by atoms with E-state index in [2.05, 4.69) is 0 Å². The summed E-state index contributed by atoms with van der Waals surface area (Å²) in [6, 6.07) is 3.86. The fraction of sp³-hybridized carbons (Fsp3) is 0.571. The molecule has 0 amide bonds. The van der Waals surface area contributed by atoms with Crippen molar-refractivity contribution >= 4 is 0 Å². The molecule has 1 atom stereocenters. The van der Waals surface area contributed by atoms with E-state index < -0.39 is 12.5 Å². The molecule has 0 aliphatic heterocycles. The van der Waals surface area contributed by atoms with Gasteiger partial charge in [0.05, 0.1) is 0 Å². The molecule has 96 valence electrons. The summed E-state index contributed by atoms with van der Waals surface area (Å²) in [6.45, 7) is 5.89. The average molecular weight is 242 g/mol. The smallest absolute Gasteiger partial charge is 0.268 e. The Labute approximate surface area is 101 Å². The van der Waals surface area contributed by atoms with Crippen LogP contribution in [0.4, 0.5) is 8.78 Å². The maximum absolute atomic E-state index is 12.7. The monoisotopic (exact) mass is 242 g/mol. The number of hydrogen-bond donors (Lipinski definition) is 1. The van der Waals surface area contributed by atoms with Crippen molar-refractivity contribution in [2.45, 2.75) is 52.6 Å². The van der Waals surface area contributed by atoms with Crippen LogP contribution in [0.3, 0.4) is 0 Å². The second kappa shape index (κ2) is 6.10. The van der Waals surface area contributed by atoms with Gasteiger partial charge in [-0.15, -0.1) is 0 Å². The van der Waals surface area contributed by atoms with Crippen molar-refractivity contribution in [2.24, 2.45) is 0 Å². The van der Waals surface area contributed by atoms with E-state index in [1.165, 1.54) is 0 Å². The highest BCUT2D eigenvalue weighted by Crippen LogP contribution is 2.29. The van der Waals surface area contributed by atoms with Crippen LogP contribution >= 0.6 is 0 Å². The zero-order valence-electron chi connectivity index (χ0n) is 10.6. The van der Waals surface area contributed by atoms with Gasteiger partial charge in [-0.1, -0.05) is 32.9 Å². The predicted molar refractivity (Wildman–Crippen MR) is 65.5 cm³/mol. The molecular formula is C14H20F2O. The lowest BCUT2D eigenvalue weighted by atomic mass is 9.90. The van der Waals surface area contributed by atoms with E-state index in [4.69, 9.17) is 0 Å². The van der Waals surface area contributed by atoms with Gasteiger partial charge in [-0.3, -0.25) is 0 Å². The van der Waals surface area contributed by atoms with Crippen molar-refractivity contribution in [1.82, 2.24) is 0 Å². The summed E-state index contributed by atoms with van der Waals surface area (Å²) in [5.41, 5.74) is 3.26. The minimum atomic E-state index is -2.72. The molecule has 0 aliphatic rings. The van der Waals surface area contributed by atoms with Crippen LogP contribution < -0.4 is 0 Å². The van der Waals surface area contributed by atoms with Crippen LogP contribution in [0, 0.1) is 0 Å². The molecule has 1 nitrogen and oxygen atoms in total. The Morgan fingerprint density at radius 1 is 1.00 bits per heavy atom. The van der Waals surface area contributed by atoms with Crippen LogP contribution in [-0.2, 0) is 19.3 Å². The van der Waals surface area contributed by atoms with Gasteiger partial charge in [-0.05, 0) is 41.5 Å². The molecule has 0 aromatic heterocycles. The van der Waals surface area contributed by atoms with Crippen molar-refractivity contribution in [1.29, 1.82) is 0 Å². The summed E-state index contributed by atoms with van der Waals surface area (Å²) in [6.07, 6.45) is -2.17. The fourth-order valence-corrected chi connectivity index (χ4v) is 2.15. The minimum absolute atomic E-state index is 0.433. The third-order valence-corrected chi connectivity index (χ3v) is 3.12. The average Bonchev–Trinajstić information content (AvgIpc) is 2.35. The summed E-state index contributed by atoms with van der Waals surface area (Å²) >= 11 is 0. The van der Waals surface area contributed by atoms with Gasteiger partial charge in [0.1, 0.15) is 6.10 Å². The Balaban J connectivity index is 3.34. The van der Waals surface area contributed by atoms with E-state index >= 15 is 0 Å². The van der Waals surface area contributed by atoms with E-state index in [1.54, 1.807) is 0 Å². The predicted octanol–water partition coefficient (Wildman–Crippen LogP) is 3.67. The van der Waals surface area contributed by atoms with E-state index in [0.29, 0.717) is 18.4 Å². The lowest BCUT2D eigenvalue weighted by Gasteiger charge is -2.19. The molecule has 0 heterocycles. The topological polar surface area (TPSA) is 20.2 Å². The lowest BCUT2D eigenvalue weighted by molar-refractivity contribution is -0.00671. The lowest BCUT2D eigenvalue weighted by Crippen LogP contribution is -2.14. The summed E-state index contributed by atoms with van der Waals surface area (Å²) in [5.74, 6) is 0. The molecule has 1 N–H and O–H groups in total. The van der Waals surface area contributed by atoms with E-state index in [1.807, 2.05) is 32.9 Å². The van der Waals surface area contributed by atoms with Gasteiger partial charge in [-0.2, -0.15) is 0 Å². The Morgan fingerprint density at radius 3 is 1.76 bits per heavy atom. The molecular weight excluding hydrogens is 222 g/mol. The molecule has 0 saturated heterocycles. The standard InChI is InChI=1S/C14H20F2O/c1-4-9-7-10(5-2)12(11(6-3)8-9)13(17)14(15)16/h7-8,13-14,17H,4-6H2,1-3H3.